The molecule has 0 aliphatic carbocycles. The number of halogens is 1. The highest BCUT2D eigenvalue weighted by Gasteiger charge is 2.38. The molecular formula is C10H18FNO2. The standard InChI is InChI=1S/C10H18FNO2/c1-10(2,3)9(13)12-5-7(11)8(6-12)14-4/h7-8H,5-6H2,1-4H3/t7?,8-/m1/s1. The molecule has 82 valence electrons. The van der Waals surface area contributed by atoms with Crippen molar-refractivity contribution in [3.8, 4) is 0 Å². The van der Waals surface area contributed by atoms with E-state index >= 15 is 0 Å². The van der Waals surface area contributed by atoms with E-state index in [1.807, 2.05) is 20.8 Å². The molecule has 0 aromatic rings. The Morgan fingerprint density at radius 2 is 2.00 bits per heavy atom. The van der Waals surface area contributed by atoms with Gasteiger partial charge in [0.25, 0.3) is 0 Å². The quantitative estimate of drug-likeness (QED) is 0.641. The van der Waals surface area contributed by atoms with Crippen molar-refractivity contribution in [1.29, 1.82) is 0 Å². The van der Waals surface area contributed by atoms with Gasteiger partial charge in [0.05, 0.1) is 6.54 Å². The number of alkyl halides is 1. The van der Waals surface area contributed by atoms with Crippen LogP contribution in [-0.4, -0.2) is 43.3 Å². The van der Waals surface area contributed by atoms with E-state index in [4.69, 9.17) is 4.74 Å². The summed E-state index contributed by atoms with van der Waals surface area (Å²) in [4.78, 5) is 13.3. The van der Waals surface area contributed by atoms with Crippen molar-refractivity contribution >= 4 is 5.91 Å². The van der Waals surface area contributed by atoms with Gasteiger partial charge in [-0.2, -0.15) is 0 Å². The molecule has 0 radical (unpaired) electrons. The molecule has 0 N–H and O–H groups in total. The van der Waals surface area contributed by atoms with Gasteiger partial charge in [0, 0.05) is 19.1 Å². The predicted molar refractivity (Wildman–Crippen MR) is 51.7 cm³/mol. The summed E-state index contributed by atoms with van der Waals surface area (Å²) in [6, 6.07) is 0. The van der Waals surface area contributed by atoms with Gasteiger partial charge >= 0.3 is 0 Å². The van der Waals surface area contributed by atoms with E-state index in [0.29, 0.717) is 6.54 Å². The van der Waals surface area contributed by atoms with Crippen LogP contribution < -0.4 is 0 Å². The van der Waals surface area contributed by atoms with Crippen LogP contribution in [0.1, 0.15) is 20.8 Å². The van der Waals surface area contributed by atoms with Gasteiger partial charge < -0.3 is 9.64 Å². The second-order valence-electron chi connectivity index (χ2n) is 4.75. The highest BCUT2D eigenvalue weighted by atomic mass is 19.1. The third-order valence-corrected chi connectivity index (χ3v) is 2.43. The second kappa shape index (κ2) is 3.85. The van der Waals surface area contributed by atoms with Crippen LogP contribution in [0.25, 0.3) is 0 Å². The SMILES string of the molecule is CO[C@@H]1CN(C(=O)C(C)(C)C)CC1F. The zero-order chi connectivity index (χ0) is 10.9. The van der Waals surface area contributed by atoms with Crippen LogP contribution in [0.3, 0.4) is 0 Å². The number of nitrogens with zero attached hydrogens (tertiary/aromatic N) is 1. The molecule has 1 fully saturated rings. The fourth-order valence-electron chi connectivity index (χ4n) is 1.60. The van der Waals surface area contributed by atoms with Gasteiger partial charge in [-0.3, -0.25) is 4.79 Å². The molecular weight excluding hydrogens is 185 g/mol. The zero-order valence-electron chi connectivity index (χ0n) is 9.21. The Hall–Kier alpha value is -0.640. The summed E-state index contributed by atoms with van der Waals surface area (Å²) in [5.74, 6) is -0.0142. The Labute approximate surface area is 84.2 Å². The minimum atomic E-state index is -1.05. The average Bonchev–Trinajstić information content (AvgIpc) is 2.43. The maximum atomic E-state index is 13.3. The number of carbonyl (C=O) groups excluding carboxylic acids is 1. The van der Waals surface area contributed by atoms with E-state index in [-0.39, 0.29) is 12.5 Å². The van der Waals surface area contributed by atoms with Crippen molar-refractivity contribution in [2.45, 2.75) is 33.0 Å². The van der Waals surface area contributed by atoms with Gasteiger partial charge in [-0.1, -0.05) is 20.8 Å². The number of hydrogen-bond donors (Lipinski definition) is 0. The topological polar surface area (TPSA) is 29.5 Å². The summed E-state index contributed by atoms with van der Waals surface area (Å²) in [5.41, 5.74) is -0.442. The van der Waals surface area contributed by atoms with Crippen molar-refractivity contribution in [3.05, 3.63) is 0 Å². The zero-order valence-corrected chi connectivity index (χ0v) is 9.21. The third-order valence-electron chi connectivity index (χ3n) is 2.43. The highest BCUT2D eigenvalue weighted by Crippen LogP contribution is 2.23. The van der Waals surface area contributed by atoms with Crippen LogP contribution in [0, 0.1) is 5.41 Å². The summed E-state index contributed by atoms with van der Waals surface area (Å²) in [5, 5.41) is 0. The molecule has 0 aromatic heterocycles. The summed E-state index contributed by atoms with van der Waals surface area (Å²) in [6.07, 6.45) is -1.51. The number of hydrogen-bond acceptors (Lipinski definition) is 2. The summed E-state index contributed by atoms with van der Waals surface area (Å²) in [6.45, 7) is 6.04. The smallest absolute Gasteiger partial charge is 0.228 e. The average molecular weight is 203 g/mol. The van der Waals surface area contributed by atoms with Gasteiger partial charge in [0.2, 0.25) is 5.91 Å². The van der Waals surface area contributed by atoms with E-state index < -0.39 is 17.7 Å². The molecule has 0 saturated carbocycles. The first kappa shape index (κ1) is 11.4. The van der Waals surface area contributed by atoms with E-state index in [1.54, 1.807) is 4.90 Å². The Kier molecular flexibility index (Phi) is 3.14. The molecule has 3 nitrogen and oxygen atoms in total. The molecule has 1 aliphatic heterocycles. The van der Waals surface area contributed by atoms with E-state index in [9.17, 15) is 9.18 Å². The molecule has 1 saturated heterocycles. The van der Waals surface area contributed by atoms with Crippen molar-refractivity contribution in [2.75, 3.05) is 20.2 Å². The lowest BCUT2D eigenvalue weighted by Crippen LogP contribution is -2.38. The monoisotopic (exact) mass is 203 g/mol. The predicted octanol–water partition coefficient (Wildman–Crippen LogP) is 1.23. The van der Waals surface area contributed by atoms with E-state index in [2.05, 4.69) is 0 Å². The van der Waals surface area contributed by atoms with E-state index in [1.165, 1.54) is 7.11 Å². The Balaban J connectivity index is 2.62. The van der Waals surface area contributed by atoms with Crippen LogP contribution >= 0.6 is 0 Å². The van der Waals surface area contributed by atoms with E-state index in [0.717, 1.165) is 0 Å². The number of carbonyl (C=O) groups is 1. The van der Waals surface area contributed by atoms with Crippen LogP contribution in [0.5, 0.6) is 0 Å². The Morgan fingerprint density at radius 1 is 1.43 bits per heavy atom. The Bertz CT molecular complexity index is 225. The van der Waals surface area contributed by atoms with Crippen LogP contribution in [0.2, 0.25) is 0 Å². The molecule has 4 heteroatoms. The van der Waals surface area contributed by atoms with Crippen molar-refractivity contribution in [1.82, 2.24) is 4.90 Å². The lowest BCUT2D eigenvalue weighted by Gasteiger charge is -2.25. The highest BCUT2D eigenvalue weighted by molar-refractivity contribution is 5.81. The molecule has 14 heavy (non-hydrogen) atoms. The number of ether oxygens (including phenoxy) is 1. The van der Waals surface area contributed by atoms with Crippen molar-refractivity contribution in [3.63, 3.8) is 0 Å². The maximum Gasteiger partial charge on any atom is 0.228 e. The van der Waals surface area contributed by atoms with Crippen LogP contribution in [-0.2, 0) is 9.53 Å². The van der Waals surface area contributed by atoms with Gasteiger partial charge in [0.15, 0.2) is 0 Å². The lowest BCUT2D eigenvalue weighted by molar-refractivity contribution is -0.138. The summed E-state index contributed by atoms with van der Waals surface area (Å²) < 4.78 is 18.2. The fourth-order valence-corrected chi connectivity index (χ4v) is 1.60. The van der Waals surface area contributed by atoms with Gasteiger partial charge in [-0.05, 0) is 0 Å². The first-order valence-corrected chi connectivity index (χ1v) is 4.82. The molecule has 0 bridgehead atoms. The molecule has 1 amide bonds. The first-order chi connectivity index (χ1) is 6.36. The minimum Gasteiger partial charge on any atom is -0.377 e. The second-order valence-corrected chi connectivity index (χ2v) is 4.75. The summed E-state index contributed by atoms with van der Waals surface area (Å²) >= 11 is 0. The van der Waals surface area contributed by atoms with Gasteiger partial charge in [0.1, 0.15) is 12.3 Å². The van der Waals surface area contributed by atoms with Crippen LogP contribution in [0.15, 0.2) is 0 Å². The van der Waals surface area contributed by atoms with Crippen LogP contribution in [0.4, 0.5) is 4.39 Å². The largest absolute Gasteiger partial charge is 0.377 e. The van der Waals surface area contributed by atoms with Crippen molar-refractivity contribution in [2.24, 2.45) is 5.41 Å². The molecule has 1 heterocycles. The molecule has 1 unspecified atom stereocenters. The normalized spacial score (nSPS) is 28.2. The maximum absolute atomic E-state index is 13.3. The fraction of sp³-hybridized carbons (Fsp3) is 0.900. The number of amides is 1. The number of rotatable bonds is 1. The number of methoxy groups -OCH3 is 1. The first-order valence-electron chi connectivity index (χ1n) is 4.82. The lowest BCUT2D eigenvalue weighted by atomic mass is 9.95. The molecule has 0 aromatic carbocycles. The van der Waals surface area contributed by atoms with Crippen molar-refractivity contribution < 1.29 is 13.9 Å². The Morgan fingerprint density at radius 3 is 2.36 bits per heavy atom. The molecule has 0 spiro atoms. The summed E-state index contributed by atoms with van der Waals surface area (Å²) in [7, 11) is 1.47. The number of likely N-dealkylation sites (tertiary alicyclic amines) is 1. The minimum absolute atomic E-state index is 0.0142. The van der Waals surface area contributed by atoms with Gasteiger partial charge in [-0.25, -0.2) is 4.39 Å². The van der Waals surface area contributed by atoms with Gasteiger partial charge in [-0.15, -0.1) is 0 Å². The molecule has 1 aliphatic rings. The third kappa shape index (κ3) is 2.23. The molecule has 2 atom stereocenters. The molecule has 1 rings (SSSR count).